The van der Waals surface area contributed by atoms with Gasteiger partial charge in [-0.1, -0.05) is 33.1 Å². The molecule has 0 amide bonds. The van der Waals surface area contributed by atoms with E-state index < -0.39 is 0 Å². The molecule has 1 aliphatic carbocycles. The van der Waals surface area contributed by atoms with Crippen LogP contribution in [-0.2, 0) is 0 Å². The molecule has 114 valence electrons. The van der Waals surface area contributed by atoms with Crippen LogP contribution in [0.5, 0.6) is 0 Å². The third-order valence-electron chi connectivity index (χ3n) is 4.08. The molecule has 0 saturated heterocycles. The van der Waals surface area contributed by atoms with Crippen molar-refractivity contribution in [2.24, 2.45) is 5.92 Å². The Kier molecular flexibility index (Phi) is 8.43. The van der Waals surface area contributed by atoms with Crippen LogP contribution in [0.25, 0.3) is 0 Å². The third-order valence-corrected chi connectivity index (χ3v) is 5.37. The van der Waals surface area contributed by atoms with E-state index >= 15 is 0 Å². The van der Waals surface area contributed by atoms with Gasteiger partial charge in [-0.2, -0.15) is 11.8 Å². The van der Waals surface area contributed by atoms with E-state index in [-0.39, 0.29) is 12.1 Å². The van der Waals surface area contributed by atoms with Crippen molar-refractivity contribution in [3.05, 3.63) is 0 Å². The van der Waals surface area contributed by atoms with Crippen LogP contribution in [0.15, 0.2) is 0 Å². The normalized spacial score (nSPS) is 20.1. The van der Waals surface area contributed by atoms with Crippen molar-refractivity contribution in [1.82, 2.24) is 5.32 Å². The van der Waals surface area contributed by atoms with Crippen LogP contribution in [0.2, 0.25) is 0 Å². The quantitative estimate of drug-likeness (QED) is 0.599. The minimum absolute atomic E-state index is 0.0930. The Morgan fingerprint density at radius 3 is 2.53 bits per heavy atom. The maximum atomic E-state index is 9.51. The van der Waals surface area contributed by atoms with Gasteiger partial charge >= 0.3 is 0 Å². The van der Waals surface area contributed by atoms with E-state index in [1.54, 1.807) is 0 Å². The maximum absolute atomic E-state index is 9.51. The van der Waals surface area contributed by atoms with E-state index in [1.807, 2.05) is 0 Å². The van der Waals surface area contributed by atoms with Gasteiger partial charge in [0.1, 0.15) is 0 Å². The fraction of sp³-hybridized carbons (Fsp3) is 1.00. The lowest BCUT2D eigenvalue weighted by Gasteiger charge is -2.31. The number of hydrogen-bond donors (Lipinski definition) is 2. The Morgan fingerprint density at radius 2 is 1.95 bits per heavy atom. The van der Waals surface area contributed by atoms with Gasteiger partial charge in [0.15, 0.2) is 0 Å². The molecule has 1 saturated carbocycles. The first-order valence-electron chi connectivity index (χ1n) is 8.02. The number of nitrogens with one attached hydrogen (secondary N) is 1. The Morgan fingerprint density at radius 1 is 1.26 bits per heavy atom. The van der Waals surface area contributed by atoms with E-state index in [2.05, 4.69) is 37.8 Å². The number of aliphatic hydroxyl groups excluding tert-OH is 1. The fourth-order valence-corrected chi connectivity index (χ4v) is 4.28. The highest BCUT2D eigenvalue weighted by molar-refractivity contribution is 7.99. The molecule has 1 atom stereocenters. The van der Waals surface area contributed by atoms with Crippen molar-refractivity contribution in [3.63, 3.8) is 0 Å². The van der Waals surface area contributed by atoms with Gasteiger partial charge < -0.3 is 10.4 Å². The molecule has 0 aromatic carbocycles. The van der Waals surface area contributed by atoms with E-state index in [0.29, 0.717) is 6.04 Å². The first-order chi connectivity index (χ1) is 9.06. The molecule has 0 aliphatic heterocycles. The number of rotatable bonds is 10. The van der Waals surface area contributed by atoms with E-state index in [4.69, 9.17) is 0 Å². The van der Waals surface area contributed by atoms with Crippen molar-refractivity contribution in [2.45, 2.75) is 77.3 Å². The molecular formula is C16H33NOS. The summed E-state index contributed by atoms with van der Waals surface area (Å²) in [5.74, 6) is 3.68. The Bertz CT molecular complexity index is 229. The van der Waals surface area contributed by atoms with Crippen LogP contribution in [0.1, 0.15) is 65.7 Å². The van der Waals surface area contributed by atoms with Crippen LogP contribution >= 0.6 is 11.8 Å². The summed E-state index contributed by atoms with van der Waals surface area (Å²) in [5.41, 5.74) is -0.0930. The van der Waals surface area contributed by atoms with Gasteiger partial charge in [0.05, 0.1) is 6.61 Å². The van der Waals surface area contributed by atoms with Gasteiger partial charge in [-0.3, -0.25) is 0 Å². The van der Waals surface area contributed by atoms with Crippen LogP contribution in [0, 0.1) is 5.92 Å². The molecule has 1 unspecified atom stereocenters. The van der Waals surface area contributed by atoms with E-state index in [1.165, 1.54) is 50.0 Å². The van der Waals surface area contributed by atoms with Crippen molar-refractivity contribution < 1.29 is 5.11 Å². The lowest BCUT2D eigenvalue weighted by atomic mass is 9.95. The predicted molar refractivity (Wildman–Crippen MR) is 86.9 cm³/mol. The van der Waals surface area contributed by atoms with Crippen LogP contribution in [-0.4, -0.2) is 34.8 Å². The topological polar surface area (TPSA) is 32.3 Å². The first kappa shape index (κ1) is 17.3. The standard InChI is InChI=1S/C16H33NOS/c1-14(2)17-16(3,13-18)10-6-7-11-19-12-15-8-4-5-9-15/h14-15,17-18H,4-13H2,1-3H3. The van der Waals surface area contributed by atoms with Crippen LogP contribution in [0.3, 0.4) is 0 Å². The molecule has 3 heteroatoms. The molecule has 2 nitrogen and oxygen atoms in total. The molecule has 0 aromatic heterocycles. The second kappa shape index (κ2) is 9.25. The SMILES string of the molecule is CC(C)NC(C)(CO)CCCCSCC1CCCC1. The van der Waals surface area contributed by atoms with Gasteiger partial charge in [-0.25, -0.2) is 0 Å². The third kappa shape index (κ3) is 7.57. The van der Waals surface area contributed by atoms with Gasteiger partial charge in [0.2, 0.25) is 0 Å². The second-order valence-electron chi connectivity index (χ2n) is 6.70. The highest BCUT2D eigenvalue weighted by atomic mass is 32.2. The molecule has 0 bridgehead atoms. The summed E-state index contributed by atoms with van der Waals surface area (Å²) in [6, 6.07) is 0.439. The van der Waals surface area contributed by atoms with Crippen molar-refractivity contribution >= 4 is 11.8 Å². The fourth-order valence-electron chi connectivity index (χ4n) is 3.04. The van der Waals surface area contributed by atoms with Crippen LogP contribution < -0.4 is 5.32 Å². The Labute approximate surface area is 124 Å². The number of hydrogen-bond acceptors (Lipinski definition) is 3. The van der Waals surface area contributed by atoms with Gasteiger partial charge in [0.25, 0.3) is 0 Å². The minimum Gasteiger partial charge on any atom is -0.394 e. The largest absolute Gasteiger partial charge is 0.394 e. The molecule has 2 N–H and O–H groups in total. The van der Waals surface area contributed by atoms with Crippen molar-refractivity contribution in [1.29, 1.82) is 0 Å². The van der Waals surface area contributed by atoms with Gasteiger partial charge in [-0.05, 0) is 50.0 Å². The number of unbranched alkanes of at least 4 members (excludes halogenated alkanes) is 1. The molecule has 0 radical (unpaired) electrons. The number of thioether (sulfide) groups is 1. The highest BCUT2D eigenvalue weighted by Crippen LogP contribution is 2.28. The molecule has 1 aliphatic rings. The van der Waals surface area contributed by atoms with E-state index in [0.717, 1.165) is 12.3 Å². The van der Waals surface area contributed by atoms with Crippen LogP contribution in [0.4, 0.5) is 0 Å². The van der Waals surface area contributed by atoms with Gasteiger partial charge in [-0.15, -0.1) is 0 Å². The summed E-state index contributed by atoms with van der Waals surface area (Å²) < 4.78 is 0. The molecule has 1 rings (SSSR count). The van der Waals surface area contributed by atoms with Crippen molar-refractivity contribution in [2.75, 3.05) is 18.1 Å². The minimum atomic E-state index is -0.0930. The summed E-state index contributed by atoms with van der Waals surface area (Å²) in [6.45, 7) is 6.66. The summed E-state index contributed by atoms with van der Waals surface area (Å²) in [6.07, 6.45) is 9.43. The summed E-state index contributed by atoms with van der Waals surface area (Å²) in [5, 5.41) is 13.0. The highest BCUT2D eigenvalue weighted by Gasteiger charge is 2.23. The van der Waals surface area contributed by atoms with E-state index in [9.17, 15) is 5.11 Å². The zero-order chi connectivity index (χ0) is 14.1. The average molecular weight is 288 g/mol. The monoisotopic (exact) mass is 287 g/mol. The molecule has 1 fully saturated rings. The zero-order valence-corrected chi connectivity index (χ0v) is 13.9. The lowest BCUT2D eigenvalue weighted by molar-refractivity contribution is 0.154. The maximum Gasteiger partial charge on any atom is 0.0610 e. The molecule has 0 spiro atoms. The summed E-state index contributed by atoms with van der Waals surface area (Å²) in [4.78, 5) is 0. The Balaban J connectivity index is 2.01. The summed E-state index contributed by atoms with van der Waals surface area (Å²) >= 11 is 2.14. The lowest BCUT2D eigenvalue weighted by Crippen LogP contribution is -2.49. The molecule has 0 aromatic rings. The Hall–Kier alpha value is 0.270. The van der Waals surface area contributed by atoms with Crippen molar-refractivity contribution in [3.8, 4) is 0 Å². The smallest absolute Gasteiger partial charge is 0.0610 e. The average Bonchev–Trinajstić information content (AvgIpc) is 2.86. The first-order valence-corrected chi connectivity index (χ1v) is 9.17. The number of aliphatic hydroxyl groups is 1. The molecular weight excluding hydrogens is 254 g/mol. The van der Waals surface area contributed by atoms with Gasteiger partial charge in [0, 0.05) is 11.6 Å². The molecule has 19 heavy (non-hydrogen) atoms. The second-order valence-corrected chi connectivity index (χ2v) is 7.85. The summed E-state index contributed by atoms with van der Waals surface area (Å²) in [7, 11) is 0. The molecule has 0 heterocycles. The predicted octanol–water partition coefficient (Wildman–Crippen LogP) is 3.83. The zero-order valence-electron chi connectivity index (χ0n) is 13.1.